The molecule has 0 spiro atoms. The van der Waals surface area contributed by atoms with Crippen molar-refractivity contribution in [1.82, 2.24) is 4.31 Å². The molecule has 0 unspecified atom stereocenters. The second-order valence-corrected chi connectivity index (χ2v) is 8.08. The van der Waals surface area contributed by atoms with Gasteiger partial charge in [0.25, 0.3) is 0 Å². The second kappa shape index (κ2) is 7.74. The van der Waals surface area contributed by atoms with Gasteiger partial charge in [0.1, 0.15) is 0 Å². The molecule has 1 rings (SSSR count). The molecule has 0 saturated heterocycles. The normalized spacial score (nSPS) is 12.0. The molecule has 1 aromatic rings. The number of aryl methyl sites for hydroxylation is 2. The van der Waals surface area contributed by atoms with Crippen LogP contribution in [0.25, 0.3) is 0 Å². The predicted molar refractivity (Wildman–Crippen MR) is 90.4 cm³/mol. The number of sulfonamides is 1. The molecule has 0 atom stereocenters. The summed E-state index contributed by atoms with van der Waals surface area (Å²) in [6.45, 7) is 8.08. The van der Waals surface area contributed by atoms with E-state index in [-0.39, 0.29) is 12.5 Å². The van der Waals surface area contributed by atoms with E-state index in [2.05, 4.69) is 5.32 Å². The Morgan fingerprint density at radius 3 is 2.23 bits per heavy atom. The third-order valence-electron chi connectivity index (χ3n) is 3.49. The number of carbonyl (C=O) groups excluding carboxylic acids is 1. The average Bonchev–Trinajstić information content (AvgIpc) is 2.37. The van der Waals surface area contributed by atoms with Gasteiger partial charge in [0.2, 0.25) is 15.9 Å². The summed E-state index contributed by atoms with van der Waals surface area (Å²) in [7, 11) is -3.40. The summed E-state index contributed by atoms with van der Waals surface area (Å²) in [6, 6.07) is 5.75. The lowest BCUT2D eigenvalue weighted by atomic mass is 10.1. The van der Waals surface area contributed by atoms with Crippen LogP contribution in [0.5, 0.6) is 0 Å². The molecular weight excluding hydrogens is 300 g/mol. The highest BCUT2D eigenvalue weighted by Gasteiger charge is 2.20. The summed E-state index contributed by atoms with van der Waals surface area (Å²) in [5.74, 6) is 0.0671. The summed E-state index contributed by atoms with van der Waals surface area (Å²) < 4.78 is 24.9. The Bertz CT molecular complexity index is 604. The van der Waals surface area contributed by atoms with E-state index < -0.39 is 10.0 Å². The topological polar surface area (TPSA) is 66.5 Å². The van der Waals surface area contributed by atoms with E-state index >= 15 is 0 Å². The minimum Gasteiger partial charge on any atom is -0.324 e. The Kier molecular flexibility index (Phi) is 6.56. The highest BCUT2D eigenvalue weighted by Crippen LogP contribution is 2.19. The number of hydrogen-bond acceptors (Lipinski definition) is 3. The van der Waals surface area contributed by atoms with Crippen molar-refractivity contribution in [2.45, 2.75) is 34.1 Å². The summed E-state index contributed by atoms with van der Waals surface area (Å²) in [4.78, 5) is 12.2. The van der Waals surface area contributed by atoms with E-state index in [1.54, 1.807) is 0 Å². The van der Waals surface area contributed by atoms with Crippen molar-refractivity contribution in [2.24, 2.45) is 5.92 Å². The first-order valence-electron chi connectivity index (χ1n) is 7.42. The highest BCUT2D eigenvalue weighted by atomic mass is 32.2. The Hall–Kier alpha value is -1.40. The van der Waals surface area contributed by atoms with Crippen LogP contribution in [-0.4, -0.2) is 38.0 Å². The molecule has 0 saturated carbocycles. The lowest BCUT2D eigenvalue weighted by Crippen LogP contribution is -2.38. The first-order chi connectivity index (χ1) is 10.1. The van der Waals surface area contributed by atoms with E-state index in [0.717, 1.165) is 29.5 Å². The van der Waals surface area contributed by atoms with Gasteiger partial charge in [0.05, 0.1) is 12.8 Å². The maximum atomic E-state index is 12.2. The minimum atomic E-state index is -3.40. The number of para-hydroxylation sites is 1. The molecule has 1 amide bonds. The van der Waals surface area contributed by atoms with Gasteiger partial charge in [-0.05, 0) is 37.3 Å². The molecule has 5 nitrogen and oxygen atoms in total. The van der Waals surface area contributed by atoms with E-state index in [1.165, 1.54) is 4.31 Å². The van der Waals surface area contributed by atoms with Crippen LogP contribution >= 0.6 is 0 Å². The van der Waals surface area contributed by atoms with Crippen LogP contribution in [0.1, 0.15) is 31.4 Å². The fourth-order valence-electron chi connectivity index (χ4n) is 2.12. The van der Waals surface area contributed by atoms with Crippen molar-refractivity contribution in [2.75, 3.05) is 24.7 Å². The van der Waals surface area contributed by atoms with Gasteiger partial charge in [-0.15, -0.1) is 0 Å². The van der Waals surface area contributed by atoms with Crippen molar-refractivity contribution >= 4 is 21.6 Å². The monoisotopic (exact) mass is 326 g/mol. The zero-order valence-corrected chi connectivity index (χ0v) is 14.8. The molecule has 0 aliphatic heterocycles. The molecule has 124 valence electrons. The van der Waals surface area contributed by atoms with Crippen LogP contribution in [0.3, 0.4) is 0 Å². The van der Waals surface area contributed by atoms with Crippen LogP contribution in [-0.2, 0) is 14.8 Å². The lowest BCUT2D eigenvalue weighted by molar-refractivity contribution is -0.116. The van der Waals surface area contributed by atoms with Crippen LogP contribution in [0.4, 0.5) is 5.69 Å². The van der Waals surface area contributed by atoms with Gasteiger partial charge in [-0.3, -0.25) is 4.79 Å². The zero-order valence-electron chi connectivity index (χ0n) is 14.0. The predicted octanol–water partition coefficient (Wildman–Crippen LogP) is 2.55. The number of anilines is 1. The quantitative estimate of drug-likeness (QED) is 0.837. The van der Waals surface area contributed by atoms with Crippen molar-refractivity contribution < 1.29 is 13.2 Å². The van der Waals surface area contributed by atoms with Crippen molar-refractivity contribution in [3.8, 4) is 0 Å². The summed E-state index contributed by atoms with van der Waals surface area (Å²) in [6.07, 6.45) is 1.86. The molecule has 0 heterocycles. The minimum absolute atomic E-state index is 0.153. The number of carbonyl (C=O) groups is 1. The van der Waals surface area contributed by atoms with Gasteiger partial charge < -0.3 is 5.32 Å². The van der Waals surface area contributed by atoms with Gasteiger partial charge in [0.15, 0.2) is 0 Å². The molecule has 0 aromatic heterocycles. The molecule has 1 N–H and O–H groups in total. The number of rotatable bonds is 7. The largest absolute Gasteiger partial charge is 0.324 e. The Morgan fingerprint density at radius 1 is 1.23 bits per heavy atom. The molecule has 0 fully saturated rings. The van der Waals surface area contributed by atoms with Crippen molar-refractivity contribution in [3.63, 3.8) is 0 Å². The number of nitrogens with zero attached hydrogens (tertiary/aromatic N) is 1. The number of hydrogen-bond donors (Lipinski definition) is 1. The highest BCUT2D eigenvalue weighted by molar-refractivity contribution is 7.88. The molecule has 1 aromatic carbocycles. The standard InChI is InChI=1S/C16H26N2O3S/c1-12(2)9-10-18(22(5,20)21)11-15(19)17-16-13(3)7-6-8-14(16)4/h6-8,12H,9-11H2,1-5H3,(H,17,19). The Balaban J connectivity index is 2.79. The second-order valence-electron chi connectivity index (χ2n) is 6.09. The van der Waals surface area contributed by atoms with E-state index in [9.17, 15) is 13.2 Å². The Labute approximate surface area is 133 Å². The fraction of sp³-hybridized carbons (Fsp3) is 0.562. The van der Waals surface area contributed by atoms with Gasteiger partial charge in [-0.25, -0.2) is 8.42 Å². The molecule has 22 heavy (non-hydrogen) atoms. The Morgan fingerprint density at radius 2 is 1.77 bits per heavy atom. The van der Waals surface area contributed by atoms with Gasteiger partial charge in [0, 0.05) is 12.2 Å². The van der Waals surface area contributed by atoms with Crippen LogP contribution in [0, 0.1) is 19.8 Å². The van der Waals surface area contributed by atoms with Gasteiger partial charge >= 0.3 is 0 Å². The molecule has 0 aliphatic rings. The van der Waals surface area contributed by atoms with Crippen molar-refractivity contribution in [1.29, 1.82) is 0 Å². The summed E-state index contributed by atoms with van der Waals surface area (Å²) in [5, 5.41) is 2.82. The van der Waals surface area contributed by atoms with E-state index in [4.69, 9.17) is 0 Å². The average molecular weight is 326 g/mol. The number of amides is 1. The third kappa shape index (κ3) is 5.77. The van der Waals surface area contributed by atoms with Crippen LogP contribution < -0.4 is 5.32 Å². The van der Waals surface area contributed by atoms with E-state index in [0.29, 0.717) is 12.5 Å². The third-order valence-corrected chi connectivity index (χ3v) is 4.74. The maximum Gasteiger partial charge on any atom is 0.239 e. The number of benzene rings is 1. The first kappa shape index (κ1) is 18.6. The van der Waals surface area contributed by atoms with Crippen LogP contribution in [0.15, 0.2) is 18.2 Å². The van der Waals surface area contributed by atoms with E-state index in [1.807, 2.05) is 45.9 Å². The van der Waals surface area contributed by atoms with Gasteiger partial charge in [-0.2, -0.15) is 4.31 Å². The first-order valence-corrected chi connectivity index (χ1v) is 9.27. The summed E-state index contributed by atoms with van der Waals surface area (Å²) >= 11 is 0. The molecule has 0 aliphatic carbocycles. The maximum absolute atomic E-state index is 12.2. The lowest BCUT2D eigenvalue weighted by Gasteiger charge is -2.21. The molecule has 0 bridgehead atoms. The van der Waals surface area contributed by atoms with Crippen LogP contribution in [0.2, 0.25) is 0 Å². The molecular formula is C16H26N2O3S. The summed E-state index contributed by atoms with van der Waals surface area (Å²) in [5.41, 5.74) is 2.67. The number of nitrogens with one attached hydrogen (secondary N) is 1. The van der Waals surface area contributed by atoms with Crippen molar-refractivity contribution in [3.05, 3.63) is 29.3 Å². The fourth-order valence-corrected chi connectivity index (χ4v) is 2.90. The van der Waals surface area contributed by atoms with Gasteiger partial charge in [-0.1, -0.05) is 32.0 Å². The zero-order chi connectivity index (χ0) is 16.9. The smallest absolute Gasteiger partial charge is 0.239 e. The molecule has 6 heteroatoms. The molecule has 0 radical (unpaired) electrons. The SMILES string of the molecule is Cc1cccc(C)c1NC(=O)CN(CCC(C)C)S(C)(=O)=O.